The average molecular weight is 320 g/mol. The highest BCUT2D eigenvalue weighted by Gasteiger charge is 2.16. The maximum absolute atomic E-state index is 12.2. The van der Waals surface area contributed by atoms with Crippen molar-refractivity contribution in [3.8, 4) is 0 Å². The van der Waals surface area contributed by atoms with Crippen LogP contribution in [0.4, 0.5) is 0 Å². The molecule has 3 aromatic rings. The van der Waals surface area contributed by atoms with Gasteiger partial charge in [-0.2, -0.15) is 10.2 Å². The molecule has 8 nitrogen and oxygen atoms in total. The lowest BCUT2D eigenvalue weighted by atomic mass is 10.3. The summed E-state index contributed by atoms with van der Waals surface area (Å²) in [6, 6.07) is 7.59. The lowest BCUT2D eigenvalue weighted by Gasteiger charge is -2.06. The number of H-pyrrole nitrogens is 1. The van der Waals surface area contributed by atoms with E-state index >= 15 is 0 Å². The Labute approximate surface area is 125 Å². The molecule has 0 fully saturated rings. The smallest absolute Gasteiger partial charge is 0.408 e. The number of fused-ring (bicyclic) bond motifs is 1. The fraction of sp³-hybridized carbons (Fsp3) is 0.154. The van der Waals surface area contributed by atoms with Crippen molar-refractivity contribution in [3.63, 3.8) is 0 Å². The van der Waals surface area contributed by atoms with E-state index in [-0.39, 0.29) is 17.0 Å². The van der Waals surface area contributed by atoms with E-state index in [0.29, 0.717) is 11.2 Å². The van der Waals surface area contributed by atoms with Crippen LogP contribution < -0.4 is 10.5 Å². The van der Waals surface area contributed by atoms with Crippen LogP contribution in [0, 0.1) is 6.92 Å². The highest BCUT2D eigenvalue weighted by atomic mass is 32.2. The summed E-state index contributed by atoms with van der Waals surface area (Å²) < 4.78 is 31.7. The van der Waals surface area contributed by atoms with E-state index in [1.54, 1.807) is 19.1 Å². The van der Waals surface area contributed by atoms with E-state index in [1.165, 1.54) is 18.2 Å². The number of sulfonamides is 1. The Morgan fingerprint density at radius 3 is 2.77 bits per heavy atom. The van der Waals surface area contributed by atoms with Crippen LogP contribution in [0.5, 0.6) is 0 Å². The molecule has 0 spiro atoms. The molecule has 0 unspecified atom stereocenters. The molecular weight excluding hydrogens is 308 g/mol. The van der Waals surface area contributed by atoms with Gasteiger partial charge in [-0.05, 0) is 31.2 Å². The maximum atomic E-state index is 12.2. The van der Waals surface area contributed by atoms with Crippen LogP contribution >= 0.6 is 0 Å². The third kappa shape index (κ3) is 2.90. The van der Waals surface area contributed by atoms with Gasteiger partial charge < -0.3 is 4.42 Å². The lowest BCUT2D eigenvalue weighted by molar-refractivity contribution is 0.553. The summed E-state index contributed by atoms with van der Waals surface area (Å²) in [7, 11) is -3.74. The number of aromatic amines is 1. The Balaban J connectivity index is 1.84. The van der Waals surface area contributed by atoms with Crippen molar-refractivity contribution >= 4 is 21.1 Å². The third-order valence-corrected chi connectivity index (χ3v) is 4.40. The van der Waals surface area contributed by atoms with Gasteiger partial charge >= 0.3 is 5.76 Å². The molecule has 0 bridgehead atoms. The summed E-state index contributed by atoms with van der Waals surface area (Å²) in [5.41, 5.74) is 1.87. The minimum Gasteiger partial charge on any atom is -0.408 e. The van der Waals surface area contributed by atoms with Crippen molar-refractivity contribution in [2.45, 2.75) is 18.4 Å². The van der Waals surface area contributed by atoms with Crippen molar-refractivity contribution in [3.05, 3.63) is 52.3 Å². The SMILES string of the molecule is Cc1ccc(CNS(=O)(=O)c2ccc3[nH]c(=O)oc3c2)nn1. The van der Waals surface area contributed by atoms with E-state index in [0.717, 1.165) is 5.69 Å². The number of rotatable bonds is 4. The first-order valence-electron chi connectivity index (χ1n) is 6.36. The predicted octanol–water partition coefficient (Wildman–Crippen LogP) is 0.698. The number of aromatic nitrogens is 3. The minimum absolute atomic E-state index is 0.00261. The number of nitrogens with zero attached hydrogens (tertiary/aromatic N) is 2. The van der Waals surface area contributed by atoms with Gasteiger partial charge in [-0.15, -0.1) is 0 Å². The first kappa shape index (κ1) is 14.4. The molecule has 0 saturated carbocycles. The summed E-state index contributed by atoms with van der Waals surface area (Å²) in [4.78, 5) is 13.5. The number of oxazole rings is 1. The molecule has 0 saturated heterocycles. The molecule has 0 aliphatic carbocycles. The van der Waals surface area contributed by atoms with Gasteiger partial charge in [-0.25, -0.2) is 17.9 Å². The predicted molar refractivity (Wildman–Crippen MR) is 77.6 cm³/mol. The van der Waals surface area contributed by atoms with Crippen LogP contribution in [0.2, 0.25) is 0 Å². The molecule has 0 radical (unpaired) electrons. The first-order valence-corrected chi connectivity index (χ1v) is 7.84. The van der Waals surface area contributed by atoms with E-state index in [2.05, 4.69) is 19.9 Å². The quantitative estimate of drug-likeness (QED) is 0.730. The van der Waals surface area contributed by atoms with Crippen LogP contribution in [0.25, 0.3) is 11.1 Å². The number of hydrogen-bond donors (Lipinski definition) is 2. The third-order valence-electron chi connectivity index (χ3n) is 3.00. The second kappa shape index (κ2) is 5.35. The van der Waals surface area contributed by atoms with E-state index < -0.39 is 15.8 Å². The maximum Gasteiger partial charge on any atom is 0.417 e. The summed E-state index contributed by atoms with van der Waals surface area (Å²) in [6.45, 7) is 1.81. The lowest BCUT2D eigenvalue weighted by Crippen LogP contribution is -2.23. The van der Waals surface area contributed by atoms with E-state index in [1.807, 2.05) is 0 Å². The second-order valence-corrected chi connectivity index (χ2v) is 6.43. The van der Waals surface area contributed by atoms with E-state index in [4.69, 9.17) is 4.42 Å². The van der Waals surface area contributed by atoms with Crippen LogP contribution in [-0.4, -0.2) is 23.6 Å². The van der Waals surface area contributed by atoms with Crippen molar-refractivity contribution < 1.29 is 12.8 Å². The molecule has 0 atom stereocenters. The molecule has 3 rings (SSSR count). The zero-order chi connectivity index (χ0) is 15.7. The number of hydrogen-bond acceptors (Lipinski definition) is 6. The van der Waals surface area contributed by atoms with Gasteiger partial charge in [0.05, 0.1) is 28.3 Å². The normalized spacial score (nSPS) is 11.9. The van der Waals surface area contributed by atoms with Gasteiger partial charge in [-0.3, -0.25) is 4.98 Å². The number of benzene rings is 1. The van der Waals surface area contributed by atoms with Gasteiger partial charge in [0, 0.05) is 6.07 Å². The Morgan fingerprint density at radius 2 is 2.05 bits per heavy atom. The van der Waals surface area contributed by atoms with Crippen LogP contribution in [-0.2, 0) is 16.6 Å². The van der Waals surface area contributed by atoms with Crippen LogP contribution in [0.3, 0.4) is 0 Å². The fourth-order valence-corrected chi connectivity index (χ4v) is 2.88. The van der Waals surface area contributed by atoms with Gasteiger partial charge in [0.1, 0.15) is 0 Å². The molecule has 1 aromatic carbocycles. The minimum atomic E-state index is -3.74. The summed E-state index contributed by atoms with van der Waals surface area (Å²) in [6.07, 6.45) is 0. The molecule has 0 aliphatic heterocycles. The average Bonchev–Trinajstić information content (AvgIpc) is 2.86. The van der Waals surface area contributed by atoms with Crippen molar-refractivity contribution in [2.24, 2.45) is 0 Å². The molecule has 0 amide bonds. The number of nitrogens with one attached hydrogen (secondary N) is 2. The monoisotopic (exact) mass is 320 g/mol. The second-order valence-electron chi connectivity index (χ2n) is 4.66. The molecule has 2 heterocycles. The molecule has 2 aromatic heterocycles. The molecular formula is C13H12N4O4S. The Bertz CT molecular complexity index is 973. The highest BCUT2D eigenvalue weighted by molar-refractivity contribution is 7.89. The Morgan fingerprint density at radius 1 is 1.23 bits per heavy atom. The first-order chi connectivity index (χ1) is 10.4. The number of aryl methyl sites for hydroxylation is 1. The van der Waals surface area contributed by atoms with Crippen molar-refractivity contribution in [2.75, 3.05) is 0 Å². The van der Waals surface area contributed by atoms with Crippen LogP contribution in [0.1, 0.15) is 11.4 Å². The molecule has 22 heavy (non-hydrogen) atoms. The van der Waals surface area contributed by atoms with Gasteiger partial charge in [0.2, 0.25) is 10.0 Å². The van der Waals surface area contributed by atoms with Crippen molar-refractivity contribution in [1.29, 1.82) is 0 Å². The summed E-state index contributed by atoms with van der Waals surface area (Å²) in [5.74, 6) is -0.632. The fourth-order valence-electron chi connectivity index (χ4n) is 1.87. The summed E-state index contributed by atoms with van der Waals surface area (Å²) >= 11 is 0. The largest absolute Gasteiger partial charge is 0.417 e. The van der Waals surface area contributed by atoms with E-state index in [9.17, 15) is 13.2 Å². The zero-order valence-electron chi connectivity index (χ0n) is 11.5. The molecule has 2 N–H and O–H groups in total. The molecule has 9 heteroatoms. The Kier molecular flexibility index (Phi) is 3.51. The molecule has 0 aliphatic rings. The summed E-state index contributed by atoms with van der Waals surface area (Å²) in [5, 5.41) is 7.74. The topological polar surface area (TPSA) is 118 Å². The van der Waals surface area contributed by atoms with Crippen LogP contribution in [0.15, 0.2) is 44.4 Å². The Hall–Kier alpha value is -2.52. The zero-order valence-corrected chi connectivity index (χ0v) is 12.3. The van der Waals surface area contributed by atoms with Crippen molar-refractivity contribution in [1.82, 2.24) is 19.9 Å². The highest BCUT2D eigenvalue weighted by Crippen LogP contribution is 2.16. The van der Waals surface area contributed by atoms with Gasteiger partial charge in [0.25, 0.3) is 0 Å². The molecule has 114 valence electrons. The standard InChI is InChI=1S/C13H12N4O4S/c1-8-2-3-9(17-16-8)7-14-22(19,20)10-4-5-11-12(6-10)21-13(18)15-11/h2-6,14H,7H2,1H3,(H,15,18). The van der Waals surface area contributed by atoms with Gasteiger partial charge in [-0.1, -0.05) is 0 Å². The van der Waals surface area contributed by atoms with Gasteiger partial charge in [0.15, 0.2) is 5.58 Å².